The number of hydrogen-bond donors (Lipinski definition) is 2. The van der Waals surface area contributed by atoms with E-state index in [9.17, 15) is 9.59 Å². The molecule has 0 aliphatic carbocycles. The Morgan fingerprint density at radius 2 is 2.04 bits per heavy atom. The molecule has 3 rings (SSSR count). The van der Waals surface area contributed by atoms with Crippen LogP contribution in [0.15, 0.2) is 36.9 Å². The number of aromatic nitrogens is 2. The van der Waals surface area contributed by atoms with Gasteiger partial charge in [0.1, 0.15) is 5.69 Å². The first kappa shape index (κ1) is 17.4. The Kier molecular flexibility index (Phi) is 5.13. The van der Waals surface area contributed by atoms with Crippen LogP contribution in [0.3, 0.4) is 0 Å². The lowest BCUT2D eigenvalue weighted by atomic mass is 10.1. The average Bonchev–Trinajstić information content (AvgIpc) is 3.06. The largest absolute Gasteiger partial charge is 0.347 e. The predicted octanol–water partition coefficient (Wildman–Crippen LogP) is 2.26. The number of nitriles is 1. The molecule has 1 aliphatic heterocycles. The minimum Gasteiger partial charge on any atom is -0.347 e. The minimum atomic E-state index is -0.374. The topological polar surface area (TPSA) is 99.8 Å². The van der Waals surface area contributed by atoms with Gasteiger partial charge in [0.05, 0.1) is 17.3 Å². The van der Waals surface area contributed by atoms with Crippen LogP contribution >= 0.6 is 0 Å². The molecule has 1 aromatic heterocycles. The van der Waals surface area contributed by atoms with E-state index in [2.05, 4.69) is 22.2 Å². The van der Waals surface area contributed by atoms with E-state index >= 15 is 0 Å². The van der Waals surface area contributed by atoms with Gasteiger partial charge in [0.15, 0.2) is 5.82 Å². The fraction of sp³-hybridized carbons (Fsp3) is 0.263. The van der Waals surface area contributed by atoms with Crippen LogP contribution in [0.2, 0.25) is 0 Å². The Morgan fingerprint density at radius 3 is 2.73 bits per heavy atom. The van der Waals surface area contributed by atoms with Crippen LogP contribution < -0.4 is 10.6 Å². The fourth-order valence-corrected chi connectivity index (χ4v) is 2.96. The first-order chi connectivity index (χ1) is 12.6. The third-order valence-corrected chi connectivity index (χ3v) is 4.21. The smallest absolute Gasteiger partial charge is 0.291 e. The zero-order chi connectivity index (χ0) is 18.5. The highest BCUT2D eigenvalue weighted by Crippen LogP contribution is 2.22. The summed E-state index contributed by atoms with van der Waals surface area (Å²) < 4.78 is 1.82. The number of carbonyl (C=O) groups is 2. The quantitative estimate of drug-likeness (QED) is 0.809. The van der Waals surface area contributed by atoms with Crippen molar-refractivity contribution in [2.24, 2.45) is 0 Å². The first-order valence-corrected chi connectivity index (χ1v) is 8.44. The summed E-state index contributed by atoms with van der Waals surface area (Å²) in [6.07, 6.45) is 4.21. The number of fused-ring (bicyclic) bond motifs is 1. The maximum Gasteiger partial charge on any atom is 0.291 e. The highest BCUT2D eigenvalue weighted by molar-refractivity contribution is 6.03. The van der Waals surface area contributed by atoms with Crippen molar-refractivity contribution in [1.82, 2.24) is 14.9 Å². The summed E-state index contributed by atoms with van der Waals surface area (Å²) in [5.41, 5.74) is 2.18. The molecule has 0 unspecified atom stereocenters. The molecule has 0 saturated carbocycles. The molecule has 0 saturated heterocycles. The summed E-state index contributed by atoms with van der Waals surface area (Å²) in [6.45, 7) is 4.59. The molecule has 7 nitrogen and oxygen atoms in total. The second-order valence-corrected chi connectivity index (χ2v) is 5.98. The molecule has 26 heavy (non-hydrogen) atoms. The van der Waals surface area contributed by atoms with E-state index in [1.807, 2.05) is 10.6 Å². The zero-order valence-corrected chi connectivity index (χ0v) is 14.3. The van der Waals surface area contributed by atoms with Gasteiger partial charge in [-0.2, -0.15) is 5.26 Å². The monoisotopic (exact) mass is 349 g/mol. The molecular weight excluding hydrogens is 330 g/mol. The molecule has 1 aliphatic rings. The van der Waals surface area contributed by atoms with E-state index in [0.29, 0.717) is 36.5 Å². The van der Waals surface area contributed by atoms with Gasteiger partial charge in [0, 0.05) is 18.8 Å². The van der Waals surface area contributed by atoms with Crippen LogP contribution in [-0.2, 0) is 13.0 Å². The van der Waals surface area contributed by atoms with Gasteiger partial charge in [0.2, 0.25) is 0 Å². The van der Waals surface area contributed by atoms with Gasteiger partial charge in [0.25, 0.3) is 11.8 Å². The number of hydrogen-bond acceptors (Lipinski definition) is 4. The molecular formula is C19H19N5O2. The first-order valence-electron chi connectivity index (χ1n) is 8.44. The Bertz CT molecular complexity index is 890. The van der Waals surface area contributed by atoms with Crippen LogP contribution in [0.1, 0.15) is 45.2 Å². The number of anilines is 1. The molecule has 1 aromatic carbocycles. The Hall–Kier alpha value is -3.40. The predicted molar refractivity (Wildman–Crippen MR) is 96.8 cm³/mol. The van der Waals surface area contributed by atoms with E-state index in [1.54, 1.807) is 30.3 Å². The number of benzene rings is 1. The minimum absolute atomic E-state index is 0.229. The standard InChI is InChI=1S/C19H19N5O2/c1-2-10-21-18(25)16-15-5-3-4-11-24(15)17(23-16)19(26)22-14-8-6-13(12-20)7-9-14/h2,6-9H,1,3-5,10-11H2,(H,21,25)(H,22,26). The number of nitrogens with zero attached hydrogens (tertiary/aromatic N) is 3. The number of carbonyl (C=O) groups excluding carboxylic acids is 2. The van der Waals surface area contributed by atoms with E-state index < -0.39 is 0 Å². The van der Waals surface area contributed by atoms with E-state index in [1.165, 1.54) is 0 Å². The summed E-state index contributed by atoms with van der Waals surface area (Å²) in [5.74, 6) is -0.443. The molecule has 0 fully saturated rings. The van der Waals surface area contributed by atoms with Gasteiger partial charge in [-0.05, 0) is 43.5 Å². The lowest BCUT2D eigenvalue weighted by molar-refractivity contribution is 0.0952. The van der Waals surface area contributed by atoms with Gasteiger partial charge >= 0.3 is 0 Å². The Balaban J connectivity index is 1.87. The number of rotatable bonds is 5. The van der Waals surface area contributed by atoms with Crippen LogP contribution in [0.25, 0.3) is 0 Å². The average molecular weight is 349 g/mol. The molecule has 132 valence electrons. The summed E-state index contributed by atoms with van der Waals surface area (Å²) >= 11 is 0. The number of nitrogens with one attached hydrogen (secondary N) is 2. The van der Waals surface area contributed by atoms with Crippen molar-refractivity contribution >= 4 is 17.5 Å². The molecule has 0 radical (unpaired) electrons. The molecule has 7 heteroatoms. The summed E-state index contributed by atoms with van der Waals surface area (Å²) in [4.78, 5) is 29.4. The zero-order valence-electron chi connectivity index (χ0n) is 14.3. The van der Waals surface area contributed by atoms with Crippen molar-refractivity contribution in [3.63, 3.8) is 0 Å². The third kappa shape index (κ3) is 3.49. The van der Waals surface area contributed by atoms with E-state index in [0.717, 1.165) is 18.5 Å². The van der Waals surface area contributed by atoms with Crippen LogP contribution in [0, 0.1) is 11.3 Å². The normalized spacial score (nSPS) is 12.6. The highest BCUT2D eigenvalue weighted by atomic mass is 16.2. The molecule has 2 aromatic rings. The van der Waals surface area contributed by atoms with Crippen molar-refractivity contribution in [3.05, 3.63) is 59.7 Å². The Labute approximate surface area is 151 Å². The van der Waals surface area contributed by atoms with Gasteiger partial charge in [-0.25, -0.2) is 4.98 Å². The van der Waals surface area contributed by atoms with Crippen LogP contribution in [0.5, 0.6) is 0 Å². The third-order valence-electron chi connectivity index (χ3n) is 4.21. The van der Waals surface area contributed by atoms with Gasteiger partial charge < -0.3 is 15.2 Å². The van der Waals surface area contributed by atoms with Gasteiger partial charge in [-0.1, -0.05) is 6.08 Å². The van der Waals surface area contributed by atoms with Crippen molar-refractivity contribution in [1.29, 1.82) is 5.26 Å². The van der Waals surface area contributed by atoms with Crippen LogP contribution in [0.4, 0.5) is 5.69 Å². The maximum atomic E-state index is 12.7. The van der Waals surface area contributed by atoms with Crippen LogP contribution in [-0.4, -0.2) is 27.9 Å². The lowest BCUT2D eigenvalue weighted by Gasteiger charge is -2.17. The van der Waals surface area contributed by atoms with Gasteiger partial charge in [-0.3, -0.25) is 9.59 Å². The van der Waals surface area contributed by atoms with Crippen molar-refractivity contribution < 1.29 is 9.59 Å². The fourth-order valence-electron chi connectivity index (χ4n) is 2.96. The summed E-state index contributed by atoms with van der Waals surface area (Å²) in [6, 6.07) is 8.61. The second-order valence-electron chi connectivity index (χ2n) is 5.98. The number of amides is 2. The van der Waals surface area contributed by atoms with E-state index in [4.69, 9.17) is 5.26 Å². The van der Waals surface area contributed by atoms with E-state index in [-0.39, 0.29) is 17.6 Å². The number of imidazole rings is 1. The second kappa shape index (κ2) is 7.66. The SMILES string of the molecule is C=CCNC(=O)c1nc(C(=O)Nc2ccc(C#N)cc2)n2c1CCCC2. The lowest BCUT2D eigenvalue weighted by Crippen LogP contribution is -2.25. The maximum absolute atomic E-state index is 12.7. The van der Waals surface area contributed by atoms with Gasteiger partial charge in [-0.15, -0.1) is 6.58 Å². The molecule has 0 spiro atoms. The Morgan fingerprint density at radius 1 is 1.27 bits per heavy atom. The molecule has 2 N–H and O–H groups in total. The summed E-state index contributed by atoms with van der Waals surface area (Å²) in [5, 5.41) is 14.3. The molecule has 2 heterocycles. The molecule has 0 atom stereocenters. The van der Waals surface area contributed by atoms with Crippen molar-refractivity contribution in [3.8, 4) is 6.07 Å². The molecule has 0 bridgehead atoms. The van der Waals surface area contributed by atoms with Crippen molar-refractivity contribution in [2.45, 2.75) is 25.8 Å². The summed E-state index contributed by atoms with van der Waals surface area (Å²) in [7, 11) is 0. The highest BCUT2D eigenvalue weighted by Gasteiger charge is 2.27. The molecule has 2 amide bonds. The van der Waals surface area contributed by atoms with Crippen molar-refractivity contribution in [2.75, 3.05) is 11.9 Å².